The quantitative estimate of drug-likeness (QED) is 0.567. The molecule has 0 fully saturated rings. The maximum absolute atomic E-state index is 10.4. The number of carbonyl (C=O) groups is 1. The van der Waals surface area contributed by atoms with E-state index in [1.807, 2.05) is 0 Å². The molecule has 1 aliphatic rings. The zero-order valence-corrected chi connectivity index (χ0v) is 8.87. The van der Waals surface area contributed by atoms with Gasteiger partial charge in [-0.15, -0.1) is 11.8 Å². The molecule has 5 heteroatoms. The summed E-state index contributed by atoms with van der Waals surface area (Å²) in [6.45, 7) is 1.79. The molecule has 1 aromatic rings. The van der Waals surface area contributed by atoms with Crippen LogP contribution in [-0.4, -0.2) is 22.1 Å². The Kier molecular flexibility index (Phi) is 2.58. The standard InChI is InChI=1S/C10H10O4S/c1-5-8(14-10(12)13)3-2-6-7(11)4-15-9(5)6/h2-3,7,11H,4H2,1H3,(H,12,13). The number of fused-ring (bicyclic) bond motifs is 1. The minimum Gasteiger partial charge on any atom is -0.449 e. The summed E-state index contributed by atoms with van der Waals surface area (Å²) in [5, 5.41) is 18.1. The second kappa shape index (κ2) is 3.75. The van der Waals surface area contributed by atoms with E-state index < -0.39 is 12.3 Å². The van der Waals surface area contributed by atoms with Gasteiger partial charge in [-0.3, -0.25) is 0 Å². The summed E-state index contributed by atoms with van der Waals surface area (Å²) in [7, 11) is 0. The van der Waals surface area contributed by atoms with E-state index in [0.717, 1.165) is 16.0 Å². The summed E-state index contributed by atoms with van der Waals surface area (Å²) >= 11 is 1.52. The van der Waals surface area contributed by atoms with Crippen LogP contribution >= 0.6 is 11.8 Å². The number of hydrogen-bond donors (Lipinski definition) is 2. The number of ether oxygens (including phenoxy) is 1. The molecule has 0 saturated heterocycles. The van der Waals surface area contributed by atoms with E-state index in [1.165, 1.54) is 11.8 Å². The van der Waals surface area contributed by atoms with Crippen molar-refractivity contribution < 1.29 is 19.7 Å². The van der Waals surface area contributed by atoms with Crippen molar-refractivity contribution in [2.75, 3.05) is 5.75 Å². The van der Waals surface area contributed by atoms with Crippen molar-refractivity contribution >= 4 is 17.9 Å². The number of carboxylic acid groups (broad SMARTS) is 1. The molecule has 15 heavy (non-hydrogen) atoms. The fraction of sp³-hybridized carbons (Fsp3) is 0.300. The smallest absolute Gasteiger partial charge is 0.449 e. The fourth-order valence-corrected chi connectivity index (χ4v) is 2.80. The molecule has 1 atom stereocenters. The summed E-state index contributed by atoms with van der Waals surface area (Å²) in [5.41, 5.74) is 1.63. The van der Waals surface area contributed by atoms with Crippen LogP contribution in [-0.2, 0) is 0 Å². The van der Waals surface area contributed by atoms with Gasteiger partial charge in [-0.1, -0.05) is 6.07 Å². The predicted octanol–water partition coefficient (Wildman–Crippen LogP) is 2.19. The van der Waals surface area contributed by atoms with Gasteiger partial charge in [0, 0.05) is 16.2 Å². The zero-order chi connectivity index (χ0) is 11.0. The summed E-state index contributed by atoms with van der Waals surface area (Å²) < 4.78 is 4.63. The van der Waals surface area contributed by atoms with E-state index in [9.17, 15) is 9.90 Å². The Morgan fingerprint density at radius 1 is 1.60 bits per heavy atom. The molecule has 1 unspecified atom stereocenters. The molecule has 0 amide bonds. The first kappa shape index (κ1) is 10.3. The molecule has 0 bridgehead atoms. The summed E-state index contributed by atoms with van der Waals surface area (Å²) in [4.78, 5) is 11.3. The lowest BCUT2D eigenvalue weighted by Gasteiger charge is -2.09. The second-order valence-corrected chi connectivity index (χ2v) is 4.33. The molecule has 1 heterocycles. The third-order valence-electron chi connectivity index (χ3n) is 2.33. The number of rotatable bonds is 1. The first-order chi connectivity index (χ1) is 7.09. The SMILES string of the molecule is Cc1c(OC(=O)O)ccc2c1SCC2O. The highest BCUT2D eigenvalue weighted by molar-refractivity contribution is 7.99. The lowest BCUT2D eigenvalue weighted by atomic mass is 10.1. The molecular weight excluding hydrogens is 216 g/mol. The van der Waals surface area contributed by atoms with Gasteiger partial charge in [-0.2, -0.15) is 0 Å². The molecule has 2 rings (SSSR count). The first-order valence-corrected chi connectivity index (χ1v) is 5.43. The van der Waals surface area contributed by atoms with Crippen molar-refractivity contribution in [3.63, 3.8) is 0 Å². The van der Waals surface area contributed by atoms with Crippen LogP contribution in [0.15, 0.2) is 17.0 Å². The van der Waals surface area contributed by atoms with Gasteiger partial charge >= 0.3 is 6.16 Å². The summed E-state index contributed by atoms with van der Waals surface area (Å²) in [6, 6.07) is 3.29. The van der Waals surface area contributed by atoms with Gasteiger partial charge in [0.15, 0.2) is 0 Å². The molecule has 80 valence electrons. The Morgan fingerprint density at radius 3 is 3.00 bits per heavy atom. The molecule has 0 saturated carbocycles. The van der Waals surface area contributed by atoms with Crippen LogP contribution < -0.4 is 4.74 Å². The van der Waals surface area contributed by atoms with E-state index >= 15 is 0 Å². The third kappa shape index (κ3) is 1.80. The van der Waals surface area contributed by atoms with E-state index in [-0.39, 0.29) is 0 Å². The topological polar surface area (TPSA) is 66.8 Å². The monoisotopic (exact) mass is 226 g/mol. The normalized spacial score (nSPS) is 18.7. The fourth-order valence-electron chi connectivity index (χ4n) is 1.61. The number of hydrogen-bond acceptors (Lipinski definition) is 4. The lowest BCUT2D eigenvalue weighted by Crippen LogP contribution is -2.05. The van der Waals surface area contributed by atoms with Crippen LogP contribution in [0.2, 0.25) is 0 Å². The Bertz CT molecular complexity index is 416. The average Bonchev–Trinajstić information content (AvgIpc) is 2.53. The van der Waals surface area contributed by atoms with E-state index in [2.05, 4.69) is 4.74 Å². The molecule has 0 aliphatic carbocycles. The molecule has 0 radical (unpaired) electrons. The zero-order valence-electron chi connectivity index (χ0n) is 8.06. The Labute approximate surface area is 90.9 Å². The van der Waals surface area contributed by atoms with E-state index in [4.69, 9.17) is 5.11 Å². The highest BCUT2D eigenvalue weighted by Gasteiger charge is 2.24. The average molecular weight is 226 g/mol. The Morgan fingerprint density at radius 2 is 2.33 bits per heavy atom. The van der Waals surface area contributed by atoms with Gasteiger partial charge in [-0.25, -0.2) is 4.79 Å². The number of thioether (sulfide) groups is 1. The minimum atomic E-state index is -1.32. The largest absolute Gasteiger partial charge is 0.511 e. The maximum Gasteiger partial charge on any atom is 0.511 e. The van der Waals surface area contributed by atoms with Gasteiger partial charge in [0.05, 0.1) is 6.10 Å². The van der Waals surface area contributed by atoms with Crippen LogP contribution in [0.5, 0.6) is 5.75 Å². The van der Waals surface area contributed by atoms with Gasteiger partial charge in [0.2, 0.25) is 0 Å². The Hall–Kier alpha value is -1.20. The van der Waals surface area contributed by atoms with Crippen molar-refractivity contribution in [2.45, 2.75) is 17.9 Å². The highest BCUT2D eigenvalue weighted by Crippen LogP contribution is 2.43. The van der Waals surface area contributed by atoms with E-state index in [1.54, 1.807) is 19.1 Å². The molecule has 0 aromatic heterocycles. The molecule has 1 aromatic carbocycles. The lowest BCUT2D eigenvalue weighted by molar-refractivity contribution is 0.144. The van der Waals surface area contributed by atoms with Crippen molar-refractivity contribution in [3.05, 3.63) is 23.3 Å². The van der Waals surface area contributed by atoms with Crippen LogP contribution in [0, 0.1) is 6.92 Å². The van der Waals surface area contributed by atoms with E-state index in [0.29, 0.717) is 11.5 Å². The number of benzene rings is 1. The van der Waals surface area contributed by atoms with Crippen LogP contribution in [0.1, 0.15) is 17.2 Å². The minimum absolute atomic E-state index is 0.336. The number of aliphatic hydroxyl groups is 1. The van der Waals surface area contributed by atoms with Gasteiger partial charge in [0.25, 0.3) is 0 Å². The van der Waals surface area contributed by atoms with Crippen molar-refractivity contribution in [3.8, 4) is 5.75 Å². The molecular formula is C10H10O4S. The molecule has 1 aliphatic heterocycles. The van der Waals surface area contributed by atoms with Crippen LogP contribution in [0.3, 0.4) is 0 Å². The Balaban J connectivity index is 2.41. The van der Waals surface area contributed by atoms with Crippen LogP contribution in [0.4, 0.5) is 4.79 Å². The van der Waals surface area contributed by atoms with Gasteiger partial charge in [-0.05, 0) is 18.6 Å². The molecule has 2 N–H and O–H groups in total. The first-order valence-electron chi connectivity index (χ1n) is 4.44. The van der Waals surface area contributed by atoms with Crippen molar-refractivity contribution in [1.82, 2.24) is 0 Å². The van der Waals surface area contributed by atoms with Gasteiger partial charge < -0.3 is 14.9 Å². The second-order valence-electron chi connectivity index (χ2n) is 3.30. The van der Waals surface area contributed by atoms with Gasteiger partial charge in [0.1, 0.15) is 5.75 Å². The van der Waals surface area contributed by atoms with Crippen molar-refractivity contribution in [1.29, 1.82) is 0 Å². The van der Waals surface area contributed by atoms with Crippen LogP contribution in [0.25, 0.3) is 0 Å². The molecule has 4 nitrogen and oxygen atoms in total. The maximum atomic E-state index is 10.4. The predicted molar refractivity (Wildman–Crippen MR) is 55.5 cm³/mol. The van der Waals surface area contributed by atoms with Crippen molar-refractivity contribution in [2.24, 2.45) is 0 Å². The number of aliphatic hydroxyl groups excluding tert-OH is 1. The molecule has 0 spiro atoms. The summed E-state index contributed by atoms with van der Waals surface area (Å²) in [6.07, 6.45) is -1.77. The highest BCUT2D eigenvalue weighted by atomic mass is 32.2. The summed E-state index contributed by atoms with van der Waals surface area (Å²) in [5.74, 6) is 0.954. The third-order valence-corrected chi connectivity index (χ3v) is 3.64.